The van der Waals surface area contributed by atoms with E-state index in [1.54, 1.807) is 0 Å². The average Bonchev–Trinajstić information content (AvgIpc) is 3.39. The van der Waals surface area contributed by atoms with Crippen molar-refractivity contribution >= 4 is 43.1 Å². The topological polar surface area (TPSA) is 0 Å². The van der Waals surface area contributed by atoms with Crippen LogP contribution in [0.5, 0.6) is 0 Å². The Bertz CT molecular complexity index is 2740. The minimum atomic E-state index is -0.0108. The molecule has 0 bridgehead atoms. The van der Waals surface area contributed by atoms with E-state index in [1.165, 1.54) is 98.7 Å². The van der Waals surface area contributed by atoms with Crippen LogP contribution in [-0.4, -0.2) is 0 Å². The molecule has 0 heterocycles. The molecule has 0 amide bonds. The van der Waals surface area contributed by atoms with Crippen molar-refractivity contribution in [3.05, 3.63) is 181 Å². The highest BCUT2D eigenvalue weighted by Gasteiger charge is 2.36. The third kappa shape index (κ3) is 4.17. The lowest BCUT2D eigenvalue weighted by molar-refractivity contribution is 0.660. The molecular formula is C49H34. The first kappa shape index (κ1) is 28.1. The molecule has 9 aromatic carbocycles. The lowest BCUT2D eigenvalue weighted by Crippen LogP contribution is -2.14. The van der Waals surface area contributed by atoms with Crippen LogP contribution in [0.1, 0.15) is 25.0 Å². The van der Waals surface area contributed by atoms with Crippen LogP contribution in [0, 0.1) is 0 Å². The van der Waals surface area contributed by atoms with E-state index >= 15 is 0 Å². The number of hydrogen-bond acceptors (Lipinski definition) is 0. The van der Waals surface area contributed by atoms with Gasteiger partial charge in [0.15, 0.2) is 0 Å². The van der Waals surface area contributed by atoms with Crippen molar-refractivity contribution in [2.45, 2.75) is 19.3 Å². The van der Waals surface area contributed by atoms with Gasteiger partial charge in [-0.1, -0.05) is 166 Å². The van der Waals surface area contributed by atoms with Crippen LogP contribution in [0.2, 0.25) is 0 Å². The Hall–Kier alpha value is -5.98. The number of benzene rings is 9. The summed E-state index contributed by atoms with van der Waals surface area (Å²) >= 11 is 0. The number of hydrogen-bond donors (Lipinski definition) is 0. The molecule has 0 saturated heterocycles. The van der Waals surface area contributed by atoms with Gasteiger partial charge in [-0.3, -0.25) is 0 Å². The van der Waals surface area contributed by atoms with E-state index in [1.807, 2.05) is 0 Å². The van der Waals surface area contributed by atoms with E-state index < -0.39 is 0 Å². The Morgan fingerprint density at radius 3 is 1.37 bits per heavy atom. The predicted octanol–water partition coefficient (Wildman–Crippen LogP) is 13.6. The average molecular weight is 623 g/mol. The van der Waals surface area contributed by atoms with Gasteiger partial charge < -0.3 is 0 Å². The molecule has 0 fully saturated rings. The summed E-state index contributed by atoms with van der Waals surface area (Å²) in [5.41, 5.74) is 13.2. The Balaban J connectivity index is 1.15. The predicted molar refractivity (Wildman–Crippen MR) is 210 cm³/mol. The van der Waals surface area contributed by atoms with Crippen LogP contribution in [-0.2, 0) is 5.41 Å². The monoisotopic (exact) mass is 622 g/mol. The van der Waals surface area contributed by atoms with Crippen molar-refractivity contribution < 1.29 is 0 Å². The Morgan fingerprint density at radius 2 is 0.735 bits per heavy atom. The molecule has 0 unspecified atom stereocenters. The highest BCUT2D eigenvalue weighted by molar-refractivity contribution is 6.22. The third-order valence-corrected chi connectivity index (χ3v) is 11.0. The van der Waals surface area contributed by atoms with Crippen LogP contribution in [0.4, 0.5) is 0 Å². The maximum atomic E-state index is 2.39. The van der Waals surface area contributed by atoms with E-state index in [9.17, 15) is 0 Å². The Morgan fingerprint density at radius 1 is 0.306 bits per heavy atom. The quantitative estimate of drug-likeness (QED) is 0.172. The van der Waals surface area contributed by atoms with Gasteiger partial charge in [-0.05, 0) is 117 Å². The zero-order valence-electron chi connectivity index (χ0n) is 27.7. The summed E-state index contributed by atoms with van der Waals surface area (Å²) in [6.07, 6.45) is 0. The third-order valence-electron chi connectivity index (χ3n) is 11.0. The van der Waals surface area contributed by atoms with Gasteiger partial charge >= 0.3 is 0 Å². The van der Waals surface area contributed by atoms with E-state index in [4.69, 9.17) is 0 Å². The van der Waals surface area contributed by atoms with Crippen LogP contribution in [0.25, 0.3) is 87.6 Å². The van der Waals surface area contributed by atoms with Crippen molar-refractivity contribution in [1.29, 1.82) is 0 Å². The van der Waals surface area contributed by atoms with E-state index in [-0.39, 0.29) is 5.41 Å². The smallest absolute Gasteiger partial charge is 0.0159 e. The van der Waals surface area contributed by atoms with Gasteiger partial charge in [-0.2, -0.15) is 0 Å². The Kier molecular flexibility index (Phi) is 6.02. The van der Waals surface area contributed by atoms with Gasteiger partial charge in [0.05, 0.1) is 0 Å². The summed E-state index contributed by atoms with van der Waals surface area (Å²) < 4.78 is 0. The molecule has 0 aromatic heterocycles. The van der Waals surface area contributed by atoms with Gasteiger partial charge in [0.25, 0.3) is 0 Å². The minimum absolute atomic E-state index is 0.0108. The fourth-order valence-electron chi connectivity index (χ4n) is 8.66. The molecule has 0 atom stereocenters. The molecule has 1 aliphatic rings. The van der Waals surface area contributed by atoms with Crippen molar-refractivity contribution in [3.63, 3.8) is 0 Å². The van der Waals surface area contributed by atoms with E-state index in [0.717, 1.165) is 0 Å². The molecule has 0 N–H and O–H groups in total. The molecule has 0 radical (unpaired) electrons. The number of fused-ring (bicyclic) bond motifs is 7. The second kappa shape index (κ2) is 10.5. The first-order chi connectivity index (χ1) is 24.1. The summed E-state index contributed by atoms with van der Waals surface area (Å²) in [6.45, 7) is 4.70. The van der Waals surface area contributed by atoms with Gasteiger partial charge in [-0.25, -0.2) is 0 Å². The largest absolute Gasteiger partial charge is 0.0619 e. The molecular weight excluding hydrogens is 589 g/mol. The van der Waals surface area contributed by atoms with Crippen molar-refractivity contribution in [3.8, 4) is 44.5 Å². The SMILES string of the molecule is CC1(C)c2ccccc2-c2c(-c3ccc4cc(-c5c6ccccc6c(-c6ccc7ccccc7c6)c6ccccc56)ccc4c3)cccc21. The lowest BCUT2D eigenvalue weighted by Gasteiger charge is -2.21. The van der Waals surface area contributed by atoms with Gasteiger partial charge in [0, 0.05) is 5.41 Å². The molecule has 0 heteroatoms. The zero-order valence-corrected chi connectivity index (χ0v) is 27.7. The van der Waals surface area contributed by atoms with Crippen LogP contribution >= 0.6 is 0 Å². The van der Waals surface area contributed by atoms with Crippen molar-refractivity contribution in [2.75, 3.05) is 0 Å². The van der Waals surface area contributed by atoms with Gasteiger partial charge in [0.1, 0.15) is 0 Å². The summed E-state index contributed by atoms with van der Waals surface area (Å²) in [6, 6.07) is 63.2. The molecule has 0 nitrogen and oxygen atoms in total. The van der Waals surface area contributed by atoms with E-state index in [0.29, 0.717) is 0 Å². The normalized spacial score (nSPS) is 13.3. The molecule has 0 saturated carbocycles. The molecule has 49 heavy (non-hydrogen) atoms. The lowest BCUT2D eigenvalue weighted by atomic mass is 9.82. The standard InChI is InChI=1S/C49H34/c1-49(2)44-20-10-9-18-43(44)48-38(19-11-21-45(48)49)35-25-23-34-30-37(27-24-33(34)28-35)47-41-16-7-5-14-39(41)46(40-15-6-8-17-42(40)47)36-26-22-31-12-3-4-13-32(31)29-36/h3-30H,1-2H3. The number of rotatable bonds is 3. The fraction of sp³-hybridized carbons (Fsp3) is 0.0612. The Labute approximate surface area is 286 Å². The second-order valence-corrected chi connectivity index (χ2v) is 14.1. The van der Waals surface area contributed by atoms with Crippen molar-refractivity contribution in [2.24, 2.45) is 0 Å². The maximum Gasteiger partial charge on any atom is 0.0159 e. The summed E-state index contributed by atoms with van der Waals surface area (Å²) in [7, 11) is 0. The van der Waals surface area contributed by atoms with Crippen molar-refractivity contribution in [1.82, 2.24) is 0 Å². The van der Waals surface area contributed by atoms with Gasteiger partial charge in [-0.15, -0.1) is 0 Å². The first-order valence-corrected chi connectivity index (χ1v) is 17.3. The van der Waals surface area contributed by atoms with Crippen LogP contribution in [0.3, 0.4) is 0 Å². The van der Waals surface area contributed by atoms with Crippen LogP contribution in [0.15, 0.2) is 170 Å². The zero-order chi connectivity index (χ0) is 32.7. The van der Waals surface area contributed by atoms with E-state index in [2.05, 4.69) is 184 Å². The van der Waals surface area contributed by atoms with Gasteiger partial charge in [0.2, 0.25) is 0 Å². The molecule has 9 aromatic rings. The molecule has 1 aliphatic carbocycles. The highest BCUT2D eigenvalue weighted by Crippen LogP contribution is 2.52. The molecule has 0 spiro atoms. The first-order valence-electron chi connectivity index (χ1n) is 17.3. The van der Waals surface area contributed by atoms with Crippen LogP contribution < -0.4 is 0 Å². The second-order valence-electron chi connectivity index (χ2n) is 14.1. The molecule has 10 rings (SSSR count). The minimum Gasteiger partial charge on any atom is -0.0619 e. The maximum absolute atomic E-state index is 2.39. The molecule has 230 valence electrons. The summed E-state index contributed by atoms with van der Waals surface area (Å²) in [5, 5.41) is 10.2. The summed E-state index contributed by atoms with van der Waals surface area (Å²) in [4.78, 5) is 0. The molecule has 0 aliphatic heterocycles. The fourth-order valence-corrected chi connectivity index (χ4v) is 8.66. The summed E-state index contributed by atoms with van der Waals surface area (Å²) in [5.74, 6) is 0. The highest BCUT2D eigenvalue weighted by atomic mass is 14.4.